The van der Waals surface area contributed by atoms with Gasteiger partial charge in [0.05, 0.1) is 0 Å². The van der Waals surface area contributed by atoms with Crippen molar-refractivity contribution in [3.05, 3.63) is 78.4 Å². The molecule has 1 saturated heterocycles. The van der Waals surface area contributed by atoms with E-state index in [9.17, 15) is 10.1 Å². The van der Waals surface area contributed by atoms with Gasteiger partial charge in [-0.05, 0) is 35.9 Å². The number of nitrogens with zero attached hydrogens (tertiary/aromatic N) is 3. The summed E-state index contributed by atoms with van der Waals surface area (Å²) in [5.74, 6) is 0.501. The van der Waals surface area contributed by atoms with E-state index in [2.05, 4.69) is 29.7 Å². The highest BCUT2D eigenvalue weighted by Crippen LogP contribution is 2.18. The van der Waals surface area contributed by atoms with Crippen molar-refractivity contribution >= 4 is 17.7 Å². The summed E-state index contributed by atoms with van der Waals surface area (Å²) >= 11 is 0. The lowest BCUT2D eigenvalue weighted by molar-refractivity contribution is -0.126. The van der Waals surface area contributed by atoms with Gasteiger partial charge in [-0.3, -0.25) is 4.79 Å². The highest BCUT2D eigenvalue weighted by atomic mass is 16.5. The number of hydrogen-bond acceptors (Lipinski definition) is 4. The Morgan fingerprint density at radius 3 is 2.36 bits per heavy atom. The Bertz CT molecular complexity index is 874. The molecule has 28 heavy (non-hydrogen) atoms. The van der Waals surface area contributed by atoms with Crippen LogP contribution in [0.2, 0.25) is 0 Å². The van der Waals surface area contributed by atoms with Crippen LogP contribution in [0.3, 0.4) is 0 Å². The number of carbonyl (C=O) groups is 1. The maximum absolute atomic E-state index is 12.8. The zero-order chi connectivity index (χ0) is 19.8. The molecule has 1 heterocycles. The van der Waals surface area contributed by atoms with E-state index in [1.165, 1.54) is 0 Å². The first-order chi connectivity index (χ1) is 13.7. The number of piperazine rings is 1. The van der Waals surface area contributed by atoms with Crippen molar-refractivity contribution in [2.75, 3.05) is 37.7 Å². The Labute approximate surface area is 165 Å². The number of benzene rings is 2. The number of para-hydroxylation sites is 1. The summed E-state index contributed by atoms with van der Waals surface area (Å²) < 4.78 is 5.45. The van der Waals surface area contributed by atoms with Gasteiger partial charge in [-0.25, -0.2) is 0 Å². The Balaban J connectivity index is 1.63. The third-order valence-electron chi connectivity index (χ3n) is 4.60. The smallest absolute Gasteiger partial charge is 0.264 e. The molecule has 1 aliphatic heterocycles. The normalized spacial score (nSPS) is 14.3. The predicted octanol–water partition coefficient (Wildman–Crippen LogP) is 3.51. The average Bonchev–Trinajstić information content (AvgIpc) is 2.77. The maximum atomic E-state index is 12.8. The van der Waals surface area contributed by atoms with Gasteiger partial charge in [0.2, 0.25) is 0 Å². The third kappa shape index (κ3) is 4.80. The number of nitriles is 1. The molecule has 0 saturated carbocycles. The first-order valence-electron chi connectivity index (χ1n) is 9.26. The second-order valence-electron chi connectivity index (χ2n) is 6.45. The van der Waals surface area contributed by atoms with E-state index >= 15 is 0 Å². The molecule has 5 nitrogen and oxygen atoms in total. The molecule has 0 aliphatic carbocycles. The summed E-state index contributed by atoms with van der Waals surface area (Å²) in [6.07, 6.45) is 3.31. The molecule has 0 atom stereocenters. The molecule has 0 aromatic heterocycles. The van der Waals surface area contributed by atoms with Crippen LogP contribution >= 0.6 is 0 Å². The van der Waals surface area contributed by atoms with Gasteiger partial charge < -0.3 is 14.5 Å². The molecule has 1 amide bonds. The van der Waals surface area contributed by atoms with Gasteiger partial charge in [-0.1, -0.05) is 43.0 Å². The molecule has 0 radical (unpaired) electrons. The minimum Gasteiger partial charge on any atom is -0.490 e. The molecule has 2 aromatic rings. The van der Waals surface area contributed by atoms with Crippen LogP contribution in [0.4, 0.5) is 5.69 Å². The zero-order valence-electron chi connectivity index (χ0n) is 15.8. The van der Waals surface area contributed by atoms with E-state index in [0.717, 1.165) is 30.1 Å². The molecule has 0 bridgehead atoms. The van der Waals surface area contributed by atoms with Crippen LogP contribution in [-0.2, 0) is 4.79 Å². The van der Waals surface area contributed by atoms with Crippen LogP contribution in [0.15, 0.2) is 72.8 Å². The van der Waals surface area contributed by atoms with Gasteiger partial charge in [-0.15, -0.1) is 0 Å². The molecule has 0 unspecified atom stereocenters. The van der Waals surface area contributed by atoms with E-state index in [1.54, 1.807) is 17.1 Å². The molecular formula is C23H23N3O2. The van der Waals surface area contributed by atoms with E-state index < -0.39 is 0 Å². The topological polar surface area (TPSA) is 56.6 Å². The van der Waals surface area contributed by atoms with Crippen LogP contribution in [0.5, 0.6) is 5.75 Å². The molecule has 1 aliphatic rings. The average molecular weight is 373 g/mol. The van der Waals surface area contributed by atoms with E-state index in [4.69, 9.17) is 4.74 Å². The summed E-state index contributed by atoms with van der Waals surface area (Å²) in [5, 5.41) is 9.48. The summed E-state index contributed by atoms with van der Waals surface area (Å²) in [4.78, 5) is 16.8. The Hall–Kier alpha value is -3.52. The number of ether oxygens (including phenoxy) is 1. The van der Waals surface area contributed by atoms with Crippen molar-refractivity contribution in [2.45, 2.75) is 0 Å². The van der Waals surface area contributed by atoms with E-state index in [-0.39, 0.29) is 11.5 Å². The van der Waals surface area contributed by atoms with Crippen LogP contribution in [0.25, 0.3) is 6.08 Å². The minimum atomic E-state index is -0.220. The number of anilines is 1. The number of amides is 1. The lowest BCUT2D eigenvalue weighted by Gasteiger charge is -2.36. The SMILES string of the molecule is C=CCOc1ccc(/C=C(/C#N)C(=O)N2CCN(c3ccccc3)CC2)cc1. The van der Waals surface area contributed by atoms with Gasteiger partial charge in [0.1, 0.15) is 24.0 Å². The number of carbonyl (C=O) groups excluding carboxylic acids is 1. The Morgan fingerprint density at radius 2 is 1.75 bits per heavy atom. The van der Waals surface area contributed by atoms with Crippen molar-refractivity contribution in [3.8, 4) is 11.8 Å². The second-order valence-corrected chi connectivity index (χ2v) is 6.45. The van der Waals surface area contributed by atoms with Crippen LogP contribution in [0.1, 0.15) is 5.56 Å². The fraction of sp³-hybridized carbons (Fsp3) is 0.217. The summed E-state index contributed by atoms with van der Waals surface area (Å²) in [5.41, 5.74) is 2.09. The fourth-order valence-corrected chi connectivity index (χ4v) is 3.10. The second kappa shape index (κ2) is 9.43. The quantitative estimate of drug-likeness (QED) is 0.442. The van der Waals surface area contributed by atoms with Crippen molar-refractivity contribution in [1.29, 1.82) is 5.26 Å². The first kappa shape index (κ1) is 19.2. The third-order valence-corrected chi connectivity index (χ3v) is 4.60. The van der Waals surface area contributed by atoms with Crippen LogP contribution in [0, 0.1) is 11.3 Å². The maximum Gasteiger partial charge on any atom is 0.264 e. The van der Waals surface area contributed by atoms with E-state index in [0.29, 0.717) is 19.7 Å². The highest BCUT2D eigenvalue weighted by Gasteiger charge is 2.23. The molecule has 3 rings (SSSR count). The van der Waals surface area contributed by atoms with Crippen molar-refractivity contribution < 1.29 is 9.53 Å². The minimum absolute atomic E-state index is 0.146. The van der Waals surface area contributed by atoms with Gasteiger partial charge >= 0.3 is 0 Å². The van der Waals surface area contributed by atoms with Gasteiger partial charge in [0, 0.05) is 31.9 Å². The monoisotopic (exact) mass is 373 g/mol. The molecule has 142 valence electrons. The molecule has 0 N–H and O–H groups in total. The van der Waals surface area contributed by atoms with Crippen molar-refractivity contribution in [1.82, 2.24) is 4.90 Å². The molecule has 2 aromatic carbocycles. The molecular weight excluding hydrogens is 350 g/mol. The fourth-order valence-electron chi connectivity index (χ4n) is 3.10. The largest absolute Gasteiger partial charge is 0.490 e. The number of hydrogen-bond donors (Lipinski definition) is 0. The zero-order valence-corrected chi connectivity index (χ0v) is 15.8. The van der Waals surface area contributed by atoms with Gasteiger partial charge in [0.15, 0.2) is 0 Å². The Kier molecular flexibility index (Phi) is 6.48. The summed E-state index contributed by atoms with van der Waals surface area (Å²) in [6, 6.07) is 19.5. The van der Waals surface area contributed by atoms with E-state index in [1.807, 2.05) is 42.5 Å². The standard InChI is InChI=1S/C23H23N3O2/c1-2-16-28-22-10-8-19(9-11-22)17-20(18-24)23(27)26-14-12-25(13-15-26)21-6-4-3-5-7-21/h2-11,17H,1,12-16H2/b20-17-. The highest BCUT2D eigenvalue weighted by molar-refractivity contribution is 6.01. The lowest BCUT2D eigenvalue weighted by atomic mass is 10.1. The van der Waals surface area contributed by atoms with Gasteiger partial charge in [0.25, 0.3) is 5.91 Å². The van der Waals surface area contributed by atoms with Gasteiger partial charge in [-0.2, -0.15) is 5.26 Å². The van der Waals surface area contributed by atoms with Crippen LogP contribution < -0.4 is 9.64 Å². The Morgan fingerprint density at radius 1 is 1.07 bits per heavy atom. The predicted molar refractivity (Wildman–Crippen MR) is 111 cm³/mol. The summed E-state index contributed by atoms with van der Waals surface area (Å²) in [7, 11) is 0. The molecule has 1 fully saturated rings. The lowest BCUT2D eigenvalue weighted by Crippen LogP contribution is -2.49. The molecule has 0 spiro atoms. The first-order valence-corrected chi connectivity index (χ1v) is 9.26. The number of rotatable bonds is 6. The molecule has 5 heteroatoms. The van der Waals surface area contributed by atoms with Crippen LogP contribution in [-0.4, -0.2) is 43.6 Å². The van der Waals surface area contributed by atoms with Crippen molar-refractivity contribution in [2.24, 2.45) is 0 Å². The van der Waals surface area contributed by atoms with Crippen molar-refractivity contribution in [3.63, 3.8) is 0 Å². The summed E-state index contributed by atoms with van der Waals surface area (Å²) in [6.45, 7) is 6.75.